The number of rotatable bonds is 6. The van der Waals surface area contributed by atoms with E-state index in [2.05, 4.69) is 54.6 Å². The first-order valence-electron chi connectivity index (χ1n) is 8.40. The van der Waals surface area contributed by atoms with Gasteiger partial charge in [0.2, 0.25) is 3.06 Å². The molecule has 25 heavy (non-hydrogen) atoms. The van der Waals surface area contributed by atoms with Gasteiger partial charge in [0.05, 0.1) is 0 Å². The third kappa shape index (κ3) is 4.86. The standard InChI is InChI=1S/C20H20I2O2S/c1-3-13-9-12(2)19(10-17(13)21)23-11-16-15(14-7-8-14)5-4-6-18(16)24-20(22)25/h4-6,9-10,14H,3,7-8,11H2,1-2H3. The molecule has 0 N–H and O–H groups in total. The van der Waals surface area contributed by atoms with Crippen molar-refractivity contribution in [3.05, 3.63) is 56.2 Å². The van der Waals surface area contributed by atoms with Gasteiger partial charge in [-0.3, -0.25) is 0 Å². The van der Waals surface area contributed by atoms with Crippen LogP contribution in [-0.2, 0) is 13.0 Å². The van der Waals surface area contributed by atoms with E-state index in [0.29, 0.717) is 15.6 Å². The fraction of sp³-hybridized carbons (Fsp3) is 0.350. The molecular formula is C20H20I2O2S. The summed E-state index contributed by atoms with van der Waals surface area (Å²) in [6, 6.07) is 10.6. The average molecular weight is 578 g/mol. The normalized spacial score (nSPS) is 13.6. The number of ether oxygens (including phenoxy) is 2. The Bertz CT molecular complexity index is 801. The highest BCUT2D eigenvalue weighted by Crippen LogP contribution is 2.44. The summed E-state index contributed by atoms with van der Waals surface area (Å²) in [5, 5.41) is 0. The molecule has 0 unspecified atom stereocenters. The molecule has 1 fully saturated rings. The monoisotopic (exact) mass is 578 g/mol. The van der Waals surface area contributed by atoms with E-state index in [-0.39, 0.29) is 0 Å². The zero-order valence-corrected chi connectivity index (χ0v) is 19.4. The Morgan fingerprint density at radius 2 is 2.00 bits per heavy atom. The zero-order chi connectivity index (χ0) is 18.0. The van der Waals surface area contributed by atoms with Gasteiger partial charge in [-0.2, -0.15) is 0 Å². The Labute approximate surface area is 182 Å². The fourth-order valence-electron chi connectivity index (χ4n) is 3.00. The van der Waals surface area contributed by atoms with Crippen molar-refractivity contribution in [1.82, 2.24) is 0 Å². The van der Waals surface area contributed by atoms with E-state index < -0.39 is 0 Å². The summed E-state index contributed by atoms with van der Waals surface area (Å²) in [7, 11) is 0. The van der Waals surface area contributed by atoms with Gasteiger partial charge in [-0.05, 0) is 95.7 Å². The Hall–Kier alpha value is -0.410. The molecular weight excluding hydrogens is 558 g/mol. The van der Waals surface area contributed by atoms with Crippen LogP contribution in [-0.4, -0.2) is 3.06 Å². The molecule has 0 atom stereocenters. The van der Waals surface area contributed by atoms with E-state index in [1.807, 2.05) is 34.7 Å². The predicted octanol–water partition coefficient (Wildman–Crippen LogP) is 6.72. The number of thiocarbonyl (C=S) groups is 1. The SMILES string of the molecule is CCc1cc(C)c(OCc2c(OC(=S)I)cccc2C2CC2)cc1I. The van der Waals surface area contributed by atoms with E-state index >= 15 is 0 Å². The smallest absolute Gasteiger partial charge is 0.228 e. The molecule has 0 amide bonds. The maximum atomic E-state index is 6.21. The summed E-state index contributed by atoms with van der Waals surface area (Å²) in [6.07, 6.45) is 3.52. The first-order valence-corrected chi connectivity index (χ1v) is 11.0. The summed E-state index contributed by atoms with van der Waals surface area (Å²) in [4.78, 5) is 0. The molecule has 0 spiro atoms. The summed E-state index contributed by atoms with van der Waals surface area (Å²) >= 11 is 9.54. The van der Waals surface area contributed by atoms with Gasteiger partial charge >= 0.3 is 0 Å². The van der Waals surface area contributed by atoms with E-state index in [4.69, 9.17) is 21.7 Å². The predicted molar refractivity (Wildman–Crippen MR) is 123 cm³/mol. The van der Waals surface area contributed by atoms with Gasteiger partial charge in [-0.25, -0.2) is 0 Å². The molecule has 1 saturated carbocycles. The largest absolute Gasteiger partial charge is 0.488 e. The van der Waals surface area contributed by atoms with Crippen molar-refractivity contribution in [2.24, 2.45) is 0 Å². The second-order valence-corrected chi connectivity index (χ2v) is 9.53. The van der Waals surface area contributed by atoms with Crippen molar-refractivity contribution < 1.29 is 9.47 Å². The molecule has 3 rings (SSSR count). The molecule has 0 heterocycles. The van der Waals surface area contributed by atoms with Crippen LogP contribution in [0.3, 0.4) is 0 Å². The van der Waals surface area contributed by atoms with Crippen molar-refractivity contribution in [2.45, 2.75) is 45.6 Å². The highest BCUT2D eigenvalue weighted by Gasteiger charge is 2.28. The molecule has 132 valence electrons. The third-order valence-electron chi connectivity index (χ3n) is 4.47. The van der Waals surface area contributed by atoms with Crippen LogP contribution in [0.25, 0.3) is 0 Å². The molecule has 0 bridgehead atoms. The van der Waals surface area contributed by atoms with E-state index in [1.54, 1.807) is 0 Å². The molecule has 0 aliphatic heterocycles. The van der Waals surface area contributed by atoms with Crippen LogP contribution in [0.4, 0.5) is 0 Å². The quantitative estimate of drug-likeness (QED) is 0.216. The number of aryl methyl sites for hydroxylation is 2. The fourth-order valence-corrected chi connectivity index (χ4v) is 4.14. The molecule has 1 aliphatic carbocycles. The van der Waals surface area contributed by atoms with Gasteiger partial charge in [0, 0.05) is 31.7 Å². The maximum absolute atomic E-state index is 6.21. The molecule has 5 heteroatoms. The summed E-state index contributed by atoms with van der Waals surface area (Å²) in [6.45, 7) is 4.79. The second-order valence-electron chi connectivity index (χ2n) is 6.29. The second kappa shape index (κ2) is 8.52. The van der Waals surface area contributed by atoms with E-state index in [9.17, 15) is 0 Å². The molecule has 0 aromatic heterocycles. The van der Waals surface area contributed by atoms with Crippen LogP contribution in [0, 0.1) is 10.5 Å². The lowest BCUT2D eigenvalue weighted by molar-refractivity contribution is 0.298. The van der Waals surface area contributed by atoms with Crippen LogP contribution in [0.5, 0.6) is 11.5 Å². The van der Waals surface area contributed by atoms with Gasteiger partial charge in [0.15, 0.2) is 0 Å². The maximum Gasteiger partial charge on any atom is 0.228 e. The topological polar surface area (TPSA) is 18.5 Å². The Balaban J connectivity index is 1.87. The van der Waals surface area contributed by atoms with Crippen LogP contribution in [0.15, 0.2) is 30.3 Å². The molecule has 0 saturated heterocycles. The van der Waals surface area contributed by atoms with Gasteiger partial charge in [0.1, 0.15) is 18.1 Å². The van der Waals surface area contributed by atoms with Gasteiger partial charge in [-0.15, -0.1) is 0 Å². The summed E-state index contributed by atoms with van der Waals surface area (Å²) < 4.78 is 13.7. The number of halogens is 2. The van der Waals surface area contributed by atoms with Crippen molar-refractivity contribution in [3.63, 3.8) is 0 Å². The molecule has 2 aromatic carbocycles. The minimum atomic E-state index is 0.504. The van der Waals surface area contributed by atoms with Crippen molar-refractivity contribution >= 4 is 60.5 Å². The highest BCUT2D eigenvalue weighted by molar-refractivity contribution is 14.1. The zero-order valence-electron chi connectivity index (χ0n) is 14.3. The summed E-state index contributed by atoms with van der Waals surface area (Å²) in [5.74, 6) is 2.39. The lowest BCUT2D eigenvalue weighted by atomic mass is 10.0. The highest BCUT2D eigenvalue weighted by atomic mass is 127. The van der Waals surface area contributed by atoms with Crippen LogP contribution < -0.4 is 9.47 Å². The van der Waals surface area contributed by atoms with Crippen molar-refractivity contribution in [1.29, 1.82) is 0 Å². The minimum absolute atomic E-state index is 0.504. The van der Waals surface area contributed by atoms with Crippen molar-refractivity contribution in [3.8, 4) is 11.5 Å². The van der Waals surface area contributed by atoms with Crippen LogP contribution in [0.2, 0.25) is 0 Å². The first kappa shape index (κ1) is 19.4. The molecule has 2 aromatic rings. The minimum Gasteiger partial charge on any atom is -0.488 e. The Morgan fingerprint density at radius 1 is 1.24 bits per heavy atom. The van der Waals surface area contributed by atoms with Gasteiger partial charge in [-0.1, -0.05) is 25.1 Å². The summed E-state index contributed by atoms with van der Waals surface area (Å²) in [5.41, 5.74) is 5.00. The Kier molecular flexibility index (Phi) is 6.60. The lowest BCUT2D eigenvalue weighted by Crippen LogP contribution is -2.06. The van der Waals surface area contributed by atoms with Crippen LogP contribution >= 0.6 is 57.4 Å². The van der Waals surface area contributed by atoms with Crippen LogP contribution in [0.1, 0.15) is 47.9 Å². The molecule has 1 aliphatic rings. The lowest BCUT2D eigenvalue weighted by Gasteiger charge is -2.17. The van der Waals surface area contributed by atoms with Gasteiger partial charge < -0.3 is 9.47 Å². The third-order valence-corrected chi connectivity index (χ3v) is 5.78. The Morgan fingerprint density at radius 3 is 2.64 bits per heavy atom. The number of hydrogen-bond acceptors (Lipinski definition) is 3. The van der Waals surface area contributed by atoms with Gasteiger partial charge in [0.25, 0.3) is 0 Å². The number of benzene rings is 2. The van der Waals surface area contributed by atoms with E-state index in [1.165, 1.54) is 33.1 Å². The number of hydrogen-bond donors (Lipinski definition) is 0. The molecule has 2 nitrogen and oxygen atoms in total. The van der Waals surface area contributed by atoms with Crippen molar-refractivity contribution in [2.75, 3.05) is 0 Å². The average Bonchev–Trinajstić information content (AvgIpc) is 3.40. The molecule has 0 radical (unpaired) electrons. The first-order chi connectivity index (χ1) is 12.0. The van der Waals surface area contributed by atoms with E-state index in [0.717, 1.165) is 23.5 Å².